The third kappa shape index (κ3) is 6.58. The Morgan fingerprint density at radius 3 is 2.57 bits per heavy atom. The molecule has 2 N–H and O–H groups in total. The zero-order chi connectivity index (χ0) is 16.0. The summed E-state index contributed by atoms with van der Waals surface area (Å²) in [4.78, 5) is 11.6. The van der Waals surface area contributed by atoms with Crippen molar-refractivity contribution in [3.8, 4) is 5.75 Å². The maximum absolute atomic E-state index is 13.6. The minimum absolute atomic E-state index is 0.0539. The molecule has 4 nitrogen and oxygen atoms in total. The fraction of sp³-hybridized carbons (Fsp3) is 0.562. The summed E-state index contributed by atoms with van der Waals surface area (Å²) in [6, 6.07) is 4.50. The molecule has 1 aromatic carbocycles. The SMILES string of the molecule is CCNC(=O)C(C)Oc1cc(F)cc(CNC(C)(C)C)c1. The molecule has 5 heteroatoms. The van der Waals surface area contributed by atoms with E-state index >= 15 is 0 Å². The highest BCUT2D eigenvalue weighted by Crippen LogP contribution is 2.18. The lowest BCUT2D eigenvalue weighted by Gasteiger charge is -2.21. The molecule has 0 spiro atoms. The maximum atomic E-state index is 13.6. The minimum Gasteiger partial charge on any atom is -0.481 e. The molecule has 21 heavy (non-hydrogen) atoms. The van der Waals surface area contributed by atoms with Gasteiger partial charge in [-0.3, -0.25) is 4.79 Å². The van der Waals surface area contributed by atoms with Crippen LogP contribution in [0.4, 0.5) is 4.39 Å². The number of carbonyl (C=O) groups is 1. The predicted octanol–water partition coefficient (Wildman–Crippen LogP) is 2.62. The smallest absolute Gasteiger partial charge is 0.260 e. The molecule has 0 aromatic heterocycles. The van der Waals surface area contributed by atoms with Crippen molar-refractivity contribution in [2.75, 3.05) is 6.54 Å². The van der Waals surface area contributed by atoms with Crippen molar-refractivity contribution >= 4 is 5.91 Å². The monoisotopic (exact) mass is 296 g/mol. The van der Waals surface area contributed by atoms with Crippen LogP contribution in [0.1, 0.15) is 40.2 Å². The van der Waals surface area contributed by atoms with Gasteiger partial charge in [-0.2, -0.15) is 0 Å². The second-order valence-corrected chi connectivity index (χ2v) is 6.05. The van der Waals surface area contributed by atoms with Gasteiger partial charge in [-0.05, 0) is 52.3 Å². The average Bonchev–Trinajstić information content (AvgIpc) is 2.35. The van der Waals surface area contributed by atoms with Crippen molar-refractivity contribution < 1.29 is 13.9 Å². The fourth-order valence-corrected chi connectivity index (χ4v) is 1.73. The minimum atomic E-state index is -0.657. The Morgan fingerprint density at radius 1 is 1.33 bits per heavy atom. The number of rotatable bonds is 6. The van der Waals surface area contributed by atoms with Crippen LogP contribution < -0.4 is 15.4 Å². The molecule has 0 aliphatic rings. The molecule has 1 unspecified atom stereocenters. The van der Waals surface area contributed by atoms with Crippen LogP contribution >= 0.6 is 0 Å². The highest BCUT2D eigenvalue weighted by Gasteiger charge is 2.15. The van der Waals surface area contributed by atoms with Gasteiger partial charge in [-0.25, -0.2) is 4.39 Å². The first-order chi connectivity index (χ1) is 9.71. The van der Waals surface area contributed by atoms with E-state index in [1.165, 1.54) is 12.1 Å². The molecular weight excluding hydrogens is 271 g/mol. The van der Waals surface area contributed by atoms with Gasteiger partial charge in [0.05, 0.1) is 0 Å². The molecular formula is C16H25FN2O2. The number of ether oxygens (including phenoxy) is 1. The van der Waals surface area contributed by atoms with Crippen LogP contribution in [0.15, 0.2) is 18.2 Å². The number of amides is 1. The van der Waals surface area contributed by atoms with Gasteiger partial charge in [0.15, 0.2) is 6.10 Å². The number of carbonyl (C=O) groups excluding carboxylic acids is 1. The molecule has 0 saturated heterocycles. The summed E-state index contributed by atoms with van der Waals surface area (Å²) in [5.41, 5.74) is 0.727. The van der Waals surface area contributed by atoms with E-state index in [1.807, 2.05) is 27.7 Å². The largest absolute Gasteiger partial charge is 0.481 e. The quantitative estimate of drug-likeness (QED) is 0.848. The lowest BCUT2D eigenvalue weighted by molar-refractivity contribution is -0.127. The standard InChI is InChI=1S/C16H25FN2O2/c1-6-18-15(20)11(2)21-14-8-12(7-13(17)9-14)10-19-16(3,4)5/h7-9,11,19H,6,10H2,1-5H3,(H,18,20). The van der Waals surface area contributed by atoms with E-state index in [1.54, 1.807) is 13.0 Å². The molecule has 1 amide bonds. The number of hydrogen-bond acceptors (Lipinski definition) is 3. The summed E-state index contributed by atoms with van der Waals surface area (Å²) >= 11 is 0. The zero-order valence-electron chi connectivity index (χ0n) is 13.4. The maximum Gasteiger partial charge on any atom is 0.260 e. The summed E-state index contributed by atoms with van der Waals surface area (Å²) in [5, 5.41) is 5.96. The summed E-state index contributed by atoms with van der Waals surface area (Å²) in [5.74, 6) is -0.225. The number of nitrogens with one attached hydrogen (secondary N) is 2. The third-order valence-corrected chi connectivity index (χ3v) is 2.79. The number of halogens is 1. The molecule has 1 atom stereocenters. The highest BCUT2D eigenvalue weighted by atomic mass is 19.1. The van der Waals surface area contributed by atoms with E-state index in [2.05, 4.69) is 10.6 Å². The number of hydrogen-bond donors (Lipinski definition) is 2. The third-order valence-electron chi connectivity index (χ3n) is 2.79. The topological polar surface area (TPSA) is 50.4 Å². The lowest BCUT2D eigenvalue weighted by atomic mass is 10.1. The summed E-state index contributed by atoms with van der Waals surface area (Å²) in [6.07, 6.45) is -0.657. The zero-order valence-corrected chi connectivity index (χ0v) is 13.4. The van der Waals surface area contributed by atoms with E-state index in [-0.39, 0.29) is 17.3 Å². The molecule has 0 fully saturated rings. The van der Waals surface area contributed by atoms with Crippen molar-refractivity contribution in [3.05, 3.63) is 29.6 Å². The number of benzene rings is 1. The van der Waals surface area contributed by atoms with E-state index < -0.39 is 6.10 Å². The predicted molar refractivity (Wildman–Crippen MR) is 81.8 cm³/mol. The summed E-state index contributed by atoms with van der Waals surface area (Å²) in [6.45, 7) is 10.7. The van der Waals surface area contributed by atoms with Crippen LogP contribution in [0.2, 0.25) is 0 Å². The van der Waals surface area contributed by atoms with Gasteiger partial charge in [0, 0.05) is 24.7 Å². The molecule has 1 aromatic rings. The van der Waals surface area contributed by atoms with Gasteiger partial charge >= 0.3 is 0 Å². The Morgan fingerprint density at radius 2 is 2.00 bits per heavy atom. The van der Waals surface area contributed by atoms with Crippen molar-refractivity contribution in [2.45, 2.75) is 52.8 Å². The molecule has 0 saturated carbocycles. The fourth-order valence-electron chi connectivity index (χ4n) is 1.73. The Kier molecular flexibility index (Phi) is 6.15. The van der Waals surface area contributed by atoms with Gasteiger partial charge in [-0.1, -0.05) is 0 Å². The molecule has 118 valence electrons. The summed E-state index contributed by atoms with van der Waals surface area (Å²) in [7, 11) is 0. The van der Waals surface area contributed by atoms with Crippen LogP contribution in [0.25, 0.3) is 0 Å². The Hall–Kier alpha value is -1.62. The Bertz CT molecular complexity index is 484. The van der Waals surface area contributed by atoms with E-state index in [0.717, 1.165) is 5.56 Å². The second kappa shape index (κ2) is 7.41. The van der Waals surface area contributed by atoms with Crippen molar-refractivity contribution in [1.29, 1.82) is 0 Å². The molecule has 1 rings (SSSR count). The van der Waals surface area contributed by atoms with Crippen LogP contribution in [-0.4, -0.2) is 24.1 Å². The Balaban J connectivity index is 2.75. The van der Waals surface area contributed by atoms with Gasteiger partial charge in [0.2, 0.25) is 0 Å². The van der Waals surface area contributed by atoms with Crippen molar-refractivity contribution in [2.24, 2.45) is 0 Å². The first-order valence-corrected chi connectivity index (χ1v) is 7.20. The summed E-state index contributed by atoms with van der Waals surface area (Å²) < 4.78 is 19.1. The lowest BCUT2D eigenvalue weighted by Crippen LogP contribution is -2.36. The average molecular weight is 296 g/mol. The van der Waals surface area contributed by atoms with Crippen molar-refractivity contribution in [1.82, 2.24) is 10.6 Å². The number of likely N-dealkylation sites (N-methyl/N-ethyl adjacent to an activating group) is 1. The van der Waals surface area contributed by atoms with E-state index in [4.69, 9.17) is 4.74 Å². The van der Waals surface area contributed by atoms with Gasteiger partial charge in [0.1, 0.15) is 11.6 Å². The first-order valence-electron chi connectivity index (χ1n) is 7.20. The van der Waals surface area contributed by atoms with Gasteiger partial charge in [0.25, 0.3) is 5.91 Å². The molecule has 0 aliphatic carbocycles. The highest BCUT2D eigenvalue weighted by molar-refractivity contribution is 5.80. The molecule has 0 aliphatic heterocycles. The van der Waals surface area contributed by atoms with Crippen LogP contribution in [0.5, 0.6) is 5.75 Å². The molecule has 0 heterocycles. The normalized spacial score (nSPS) is 12.9. The van der Waals surface area contributed by atoms with E-state index in [0.29, 0.717) is 18.8 Å². The van der Waals surface area contributed by atoms with Crippen LogP contribution in [0, 0.1) is 5.82 Å². The van der Waals surface area contributed by atoms with Gasteiger partial charge in [-0.15, -0.1) is 0 Å². The van der Waals surface area contributed by atoms with Crippen molar-refractivity contribution in [3.63, 3.8) is 0 Å². The first kappa shape index (κ1) is 17.4. The van der Waals surface area contributed by atoms with Crippen LogP contribution in [0.3, 0.4) is 0 Å². The van der Waals surface area contributed by atoms with E-state index in [9.17, 15) is 9.18 Å². The van der Waals surface area contributed by atoms with Gasteiger partial charge < -0.3 is 15.4 Å². The Labute approximate surface area is 126 Å². The second-order valence-electron chi connectivity index (χ2n) is 6.05. The molecule has 0 radical (unpaired) electrons. The molecule has 0 bridgehead atoms. The van der Waals surface area contributed by atoms with Crippen LogP contribution in [-0.2, 0) is 11.3 Å².